The van der Waals surface area contributed by atoms with Crippen molar-refractivity contribution in [2.45, 2.75) is 25.2 Å². The van der Waals surface area contributed by atoms with Crippen LogP contribution in [0.25, 0.3) is 10.9 Å². The number of hydrogen-bond donors (Lipinski definition) is 3. The molecule has 0 aliphatic carbocycles. The van der Waals surface area contributed by atoms with Crippen LogP contribution in [0.1, 0.15) is 12.5 Å². The van der Waals surface area contributed by atoms with Gasteiger partial charge in [-0.3, -0.25) is 9.78 Å². The molecule has 142 valence electrons. The molecule has 1 aromatic carbocycles. The number of amides is 1. The van der Waals surface area contributed by atoms with E-state index in [0.717, 1.165) is 11.1 Å². The molecule has 1 amide bonds. The number of fused-ring (bicyclic) bond motifs is 1. The van der Waals surface area contributed by atoms with Crippen LogP contribution in [-0.4, -0.2) is 65.7 Å². The minimum atomic E-state index is -1.00. The van der Waals surface area contributed by atoms with Crippen LogP contribution in [0.3, 0.4) is 0 Å². The Balaban J connectivity index is 1.84. The van der Waals surface area contributed by atoms with Gasteiger partial charge in [0.1, 0.15) is 6.07 Å². The molecular formula is C19H22N4O4. The van der Waals surface area contributed by atoms with Crippen LogP contribution in [0, 0.1) is 11.3 Å². The summed E-state index contributed by atoms with van der Waals surface area (Å²) in [6, 6.07) is 9.48. The Morgan fingerprint density at radius 2 is 2.30 bits per heavy atom. The zero-order valence-electron chi connectivity index (χ0n) is 15.0. The van der Waals surface area contributed by atoms with Crippen LogP contribution in [0.4, 0.5) is 5.69 Å². The average Bonchev–Trinajstić information content (AvgIpc) is 2.70. The largest absolute Gasteiger partial charge is 0.394 e. The number of nitriles is 1. The van der Waals surface area contributed by atoms with Crippen molar-refractivity contribution in [3.05, 3.63) is 36.0 Å². The number of benzene rings is 1. The maximum Gasteiger partial charge on any atom is 0.251 e. The van der Waals surface area contributed by atoms with Crippen LogP contribution in [0.15, 0.2) is 30.5 Å². The van der Waals surface area contributed by atoms with Gasteiger partial charge in [-0.15, -0.1) is 0 Å². The molecule has 1 unspecified atom stereocenters. The van der Waals surface area contributed by atoms with E-state index >= 15 is 0 Å². The summed E-state index contributed by atoms with van der Waals surface area (Å²) in [4.78, 5) is 18.8. The molecular weight excluding hydrogens is 348 g/mol. The number of aliphatic hydroxyl groups excluding tert-OH is 2. The van der Waals surface area contributed by atoms with Gasteiger partial charge in [-0.25, -0.2) is 0 Å². The molecule has 1 aliphatic heterocycles. The van der Waals surface area contributed by atoms with Gasteiger partial charge in [0.25, 0.3) is 5.91 Å². The first kappa shape index (κ1) is 19.0. The zero-order valence-corrected chi connectivity index (χ0v) is 15.0. The Hall–Kier alpha value is -2.73. The van der Waals surface area contributed by atoms with Crippen LogP contribution in [0.2, 0.25) is 0 Å². The van der Waals surface area contributed by atoms with E-state index in [4.69, 9.17) is 9.84 Å². The number of aliphatic hydroxyl groups is 2. The summed E-state index contributed by atoms with van der Waals surface area (Å²) in [5.74, 6) is -0.338. The quantitative estimate of drug-likeness (QED) is 0.686. The normalized spacial score (nSPS) is 20.9. The highest BCUT2D eigenvalue weighted by atomic mass is 16.5. The summed E-state index contributed by atoms with van der Waals surface area (Å²) < 4.78 is 5.76. The third-order valence-corrected chi connectivity index (χ3v) is 4.48. The standard InChI is InChI=1S/C19H22N4O4/c1-12-9-23(10-17(27-12)19(26)22-8-14(25)11-24)16-5-4-13(7-20)18-15(16)3-2-6-21-18/h2-6,12,14,17,24-25H,8-11H2,1H3,(H,22,26)/t12-,14?,17-/m1/s1. The molecule has 8 nitrogen and oxygen atoms in total. The predicted molar refractivity (Wildman–Crippen MR) is 99.1 cm³/mol. The van der Waals surface area contributed by atoms with Crippen molar-refractivity contribution < 1.29 is 19.7 Å². The Bertz CT molecular complexity index is 866. The molecule has 0 saturated carbocycles. The highest BCUT2D eigenvalue weighted by molar-refractivity contribution is 5.95. The van der Waals surface area contributed by atoms with Crippen molar-refractivity contribution in [2.24, 2.45) is 0 Å². The van der Waals surface area contributed by atoms with Gasteiger partial charge >= 0.3 is 0 Å². The molecule has 0 bridgehead atoms. The maximum atomic E-state index is 12.4. The smallest absolute Gasteiger partial charge is 0.251 e. The summed E-state index contributed by atoms with van der Waals surface area (Å²) in [5, 5.41) is 31.0. The fourth-order valence-electron chi connectivity index (χ4n) is 3.21. The van der Waals surface area contributed by atoms with Crippen molar-refractivity contribution in [1.29, 1.82) is 5.26 Å². The number of carbonyl (C=O) groups excluding carboxylic acids is 1. The van der Waals surface area contributed by atoms with Gasteiger partial charge in [0, 0.05) is 30.4 Å². The average molecular weight is 370 g/mol. The third kappa shape index (κ3) is 4.17. The Morgan fingerprint density at radius 1 is 1.48 bits per heavy atom. The molecule has 1 saturated heterocycles. The second-order valence-corrected chi connectivity index (χ2v) is 6.57. The number of morpholine rings is 1. The molecule has 3 N–H and O–H groups in total. The Morgan fingerprint density at radius 3 is 3.04 bits per heavy atom. The molecule has 0 spiro atoms. The molecule has 1 aromatic heterocycles. The van der Waals surface area contributed by atoms with Gasteiger partial charge < -0.3 is 25.2 Å². The maximum absolute atomic E-state index is 12.4. The summed E-state index contributed by atoms with van der Waals surface area (Å²) in [6.07, 6.45) is -0.237. The fourth-order valence-corrected chi connectivity index (χ4v) is 3.21. The van der Waals surface area contributed by atoms with E-state index in [2.05, 4.69) is 16.4 Å². The van der Waals surface area contributed by atoms with Gasteiger partial charge in [0.2, 0.25) is 0 Å². The Labute approximate surface area is 157 Å². The molecule has 0 radical (unpaired) electrons. The topological polar surface area (TPSA) is 119 Å². The number of nitrogens with one attached hydrogen (secondary N) is 1. The number of rotatable bonds is 5. The third-order valence-electron chi connectivity index (χ3n) is 4.48. The number of anilines is 1. The lowest BCUT2D eigenvalue weighted by molar-refractivity contribution is -0.137. The molecule has 2 aromatic rings. The number of hydrogen-bond acceptors (Lipinski definition) is 7. The molecule has 3 atom stereocenters. The van der Waals surface area contributed by atoms with E-state index < -0.39 is 18.8 Å². The number of pyridine rings is 1. The fraction of sp³-hybridized carbons (Fsp3) is 0.421. The zero-order chi connectivity index (χ0) is 19.4. The molecule has 1 fully saturated rings. The van der Waals surface area contributed by atoms with Crippen LogP contribution in [-0.2, 0) is 9.53 Å². The van der Waals surface area contributed by atoms with Gasteiger partial charge in [0.05, 0.1) is 36.4 Å². The van der Waals surface area contributed by atoms with E-state index in [1.54, 1.807) is 12.3 Å². The van der Waals surface area contributed by atoms with Crippen molar-refractivity contribution in [1.82, 2.24) is 10.3 Å². The van der Waals surface area contributed by atoms with Crippen LogP contribution >= 0.6 is 0 Å². The van der Waals surface area contributed by atoms with Crippen molar-refractivity contribution >= 4 is 22.5 Å². The SMILES string of the molecule is C[C@@H]1CN(c2ccc(C#N)c3ncccc23)C[C@H](C(=O)NCC(O)CO)O1. The first-order valence-corrected chi connectivity index (χ1v) is 8.78. The molecule has 2 heterocycles. The van der Waals surface area contributed by atoms with Gasteiger partial charge in [-0.2, -0.15) is 5.26 Å². The van der Waals surface area contributed by atoms with E-state index in [-0.39, 0.29) is 18.6 Å². The number of carbonyl (C=O) groups is 1. The Kier molecular flexibility index (Phi) is 5.86. The first-order chi connectivity index (χ1) is 13.0. The molecule has 1 aliphatic rings. The van der Waals surface area contributed by atoms with Crippen molar-refractivity contribution in [3.8, 4) is 6.07 Å². The first-order valence-electron chi connectivity index (χ1n) is 8.78. The van der Waals surface area contributed by atoms with Crippen molar-refractivity contribution in [2.75, 3.05) is 31.1 Å². The number of aromatic nitrogens is 1. The van der Waals surface area contributed by atoms with Crippen molar-refractivity contribution in [3.63, 3.8) is 0 Å². The van der Waals surface area contributed by atoms with E-state index in [1.807, 2.05) is 30.0 Å². The van der Waals surface area contributed by atoms with Gasteiger partial charge in [0.15, 0.2) is 6.10 Å². The minimum absolute atomic E-state index is 0.0344. The van der Waals surface area contributed by atoms with Gasteiger partial charge in [-0.05, 0) is 31.2 Å². The lowest BCUT2D eigenvalue weighted by atomic mass is 10.1. The van der Waals surface area contributed by atoms with Crippen LogP contribution in [0.5, 0.6) is 0 Å². The second kappa shape index (κ2) is 8.31. The summed E-state index contributed by atoms with van der Waals surface area (Å²) in [7, 11) is 0. The highest BCUT2D eigenvalue weighted by Gasteiger charge is 2.31. The summed E-state index contributed by atoms with van der Waals surface area (Å²) >= 11 is 0. The van der Waals surface area contributed by atoms with Gasteiger partial charge in [-0.1, -0.05) is 0 Å². The second-order valence-electron chi connectivity index (χ2n) is 6.57. The molecule has 27 heavy (non-hydrogen) atoms. The van der Waals surface area contributed by atoms with Crippen LogP contribution < -0.4 is 10.2 Å². The highest BCUT2D eigenvalue weighted by Crippen LogP contribution is 2.30. The number of ether oxygens (including phenoxy) is 1. The predicted octanol–water partition coefficient (Wildman–Crippen LogP) is 0.170. The molecule has 8 heteroatoms. The van der Waals surface area contributed by atoms with E-state index in [1.165, 1.54) is 0 Å². The number of nitrogens with zero attached hydrogens (tertiary/aromatic N) is 3. The van der Waals surface area contributed by atoms with E-state index in [9.17, 15) is 15.2 Å². The summed E-state index contributed by atoms with van der Waals surface area (Å²) in [6.45, 7) is 2.37. The monoisotopic (exact) mass is 370 g/mol. The molecule has 3 rings (SSSR count). The summed E-state index contributed by atoms with van der Waals surface area (Å²) in [5.41, 5.74) is 2.02. The lowest BCUT2D eigenvalue weighted by Gasteiger charge is -2.38. The van der Waals surface area contributed by atoms with E-state index in [0.29, 0.717) is 24.2 Å². The lowest BCUT2D eigenvalue weighted by Crippen LogP contribution is -2.53. The minimum Gasteiger partial charge on any atom is -0.394 e.